The van der Waals surface area contributed by atoms with E-state index in [0.29, 0.717) is 11.2 Å². The Hall–Kier alpha value is -1.00. The lowest BCUT2D eigenvalue weighted by atomic mass is 9.60. The third-order valence-corrected chi connectivity index (χ3v) is 7.70. The SMILES string of the molecule is CCCCO[C@H]1[C@H](SCC)C=C2C=C3C(=C(C)C(=O)N3C)C[C@]2(C)[C@H]1C. The van der Waals surface area contributed by atoms with E-state index < -0.39 is 0 Å². The molecule has 3 aliphatic rings. The molecule has 0 bridgehead atoms. The zero-order chi connectivity index (χ0) is 19.1. The average Bonchev–Trinajstić information content (AvgIpc) is 2.81. The highest BCUT2D eigenvalue weighted by Crippen LogP contribution is 2.55. The van der Waals surface area contributed by atoms with Gasteiger partial charge in [0.1, 0.15) is 0 Å². The first kappa shape index (κ1) is 19.8. The normalized spacial score (nSPS) is 33.8. The van der Waals surface area contributed by atoms with E-state index in [-0.39, 0.29) is 17.4 Å². The number of allylic oxidation sites excluding steroid dienone is 3. The van der Waals surface area contributed by atoms with Crippen molar-refractivity contribution >= 4 is 17.7 Å². The van der Waals surface area contributed by atoms with E-state index in [4.69, 9.17) is 4.74 Å². The van der Waals surface area contributed by atoms with Crippen LogP contribution in [-0.4, -0.2) is 41.6 Å². The number of rotatable bonds is 6. The van der Waals surface area contributed by atoms with E-state index >= 15 is 0 Å². The van der Waals surface area contributed by atoms with Gasteiger partial charge in [-0.25, -0.2) is 0 Å². The predicted molar refractivity (Wildman–Crippen MR) is 110 cm³/mol. The summed E-state index contributed by atoms with van der Waals surface area (Å²) in [5.74, 6) is 1.66. The fraction of sp³-hybridized carbons (Fsp3) is 0.682. The Morgan fingerprint density at radius 2 is 2.12 bits per heavy atom. The van der Waals surface area contributed by atoms with Gasteiger partial charge in [0, 0.05) is 35.6 Å². The second-order valence-corrected chi connectivity index (χ2v) is 9.57. The van der Waals surface area contributed by atoms with Crippen molar-refractivity contribution in [2.24, 2.45) is 11.3 Å². The maximum absolute atomic E-state index is 12.4. The number of hydrogen-bond donors (Lipinski definition) is 0. The van der Waals surface area contributed by atoms with Crippen LogP contribution in [0, 0.1) is 11.3 Å². The molecule has 0 aromatic heterocycles. The van der Waals surface area contributed by atoms with Crippen LogP contribution >= 0.6 is 11.8 Å². The summed E-state index contributed by atoms with van der Waals surface area (Å²) in [5.41, 5.74) is 4.68. The number of fused-ring (bicyclic) bond motifs is 2. The second-order valence-electron chi connectivity index (χ2n) is 8.11. The van der Waals surface area contributed by atoms with Crippen LogP contribution in [0.5, 0.6) is 0 Å². The first-order chi connectivity index (χ1) is 12.3. The fourth-order valence-electron chi connectivity index (χ4n) is 4.59. The molecule has 0 spiro atoms. The highest BCUT2D eigenvalue weighted by atomic mass is 32.2. The summed E-state index contributed by atoms with van der Waals surface area (Å²) >= 11 is 1.98. The van der Waals surface area contributed by atoms with Crippen LogP contribution in [0.15, 0.2) is 34.6 Å². The number of unbranched alkanes of at least 4 members (excludes halogenated alkanes) is 1. The fourth-order valence-corrected chi connectivity index (χ4v) is 5.72. The van der Waals surface area contributed by atoms with Crippen LogP contribution in [0.25, 0.3) is 0 Å². The van der Waals surface area contributed by atoms with Crippen LogP contribution in [0.4, 0.5) is 0 Å². The number of ether oxygens (including phenoxy) is 1. The van der Waals surface area contributed by atoms with Crippen molar-refractivity contribution < 1.29 is 9.53 Å². The van der Waals surface area contributed by atoms with Crippen LogP contribution in [-0.2, 0) is 9.53 Å². The summed E-state index contributed by atoms with van der Waals surface area (Å²) in [6, 6.07) is 0. The number of likely N-dealkylation sites (N-methyl/N-ethyl adjacent to an activating group) is 1. The van der Waals surface area contributed by atoms with Gasteiger partial charge in [0.25, 0.3) is 5.91 Å². The van der Waals surface area contributed by atoms with Crippen molar-refractivity contribution in [2.45, 2.75) is 65.2 Å². The molecular weight excluding hydrogens is 342 g/mol. The van der Waals surface area contributed by atoms with Crippen molar-refractivity contribution in [3.05, 3.63) is 34.6 Å². The minimum Gasteiger partial charge on any atom is -0.376 e. The van der Waals surface area contributed by atoms with Crippen molar-refractivity contribution in [3.63, 3.8) is 0 Å². The van der Waals surface area contributed by atoms with Crippen molar-refractivity contribution in [2.75, 3.05) is 19.4 Å². The van der Waals surface area contributed by atoms with Gasteiger partial charge in [-0.3, -0.25) is 4.79 Å². The summed E-state index contributed by atoms with van der Waals surface area (Å²) in [5, 5.41) is 0.390. The highest BCUT2D eigenvalue weighted by molar-refractivity contribution is 8.00. The molecule has 0 N–H and O–H groups in total. The third kappa shape index (κ3) is 3.09. The van der Waals surface area contributed by atoms with Crippen LogP contribution in [0.2, 0.25) is 0 Å². The minimum atomic E-state index is 0.0350. The van der Waals surface area contributed by atoms with Crippen LogP contribution < -0.4 is 0 Å². The molecule has 0 radical (unpaired) electrons. The van der Waals surface area contributed by atoms with E-state index in [1.54, 1.807) is 0 Å². The number of thioether (sulfide) groups is 1. The Bertz CT molecular complexity index is 678. The molecule has 4 atom stereocenters. The molecule has 1 heterocycles. The molecule has 26 heavy (non-hydrogen) atoms. The highest BCUT2D eigenvalue weighted by Gasteiger charge is 2.50. The van der Waals surface area contributed by atoms with Gasteiger partial charge in [0.2, 0.25) is 0 Å². The standard InChI is InChI=1S/C22H33NO2S/c1-7-9-10-25-20-15(4)22(5)13-17-14(3)21(24)23(6)18(17)11-16(22)12-19(20)26-8-2/h11-12,15,19-20H,7-10,13H2,1-6H3/t15-,19+,20+,22+/m0/s1. The maximum atomic E-state index is 12.4. The Morgan fingerprint density at radius 3 is 2.77 bits per heavy atom. The molecule has 0 aromatic rings. The molecule has 0 saturated heterocycles. The molecule has 144 valence electrons. The molecule has 1 aliphatic heterocycles. The van der Waals surface area contributed by atoms with Gasteiger partial charge < -0.3 is 9.64 Å². The van der Waals surface area contributed by atoms with Gasteiger partial charge in [-0.05, 0) is 48.7 Å². The molecule has 0 fully saturated rings. The molecule has 0 aromatic carbocycles. The summed E-state index contributed by atoms with van der Waals surface area (Å²) in [4.78, 5) is 14.3. The number of carbonyl (C=O) groups is 1. The lowest BCUT2D eigenvalue weighted by Crippen LogP contribution is -2.47. The van der Waals surface area contributed by atoms with E-state index in [1.165, 1.54) is 11.1 Å². The monoisotopic (exact) mass is 375 g/mol. The lowest BCUT2D eigenvalue weighted by Gasteiger charge is -2.49. The Balaban J connectivity index is 2.00. The Morgan fingerprint density at radius 1 is 1.38 bits per heavy atom. The van der Waals surface area contributed by atoms with Gasteiger partial charge >= 0.3 is 0 Å². The molecule has 3 nitrogen and oxygen atoms in total. The minimum absolute atomic E-state index is 0.0350. The summed E-state index contributed by atoms with van der Waals surface area (Å²) < 4.78 is 6.42. The Labute approximate surface area is 162 Å². The van der Waals surface area contributed by atoms with Gasteiger partial charge in [-0.2, -0.15) is 11.8 Å². The average molecular weight is 376 g/mol. The molecule has 4 heteroatoms. The van der Waals surface area contributed by atoms with E-state index in [9.17, 15) is 4.79 Å². The van der Waals surface area contributed by atoms with Crippen molar-refractivity contribution in [1.82, 2.24) is 4.90 Å². The molecule has 3 rings (SSSR count). The third-order valence-electron chi connectivity index (χ3n) is 6.58. The molecule has 0 saturated carbocycles. The molecule has 2 aliphatic carbocycles. The van der Waals surface area contributed by atoms with Crippen LogP contribution in [0.1, 0.15) is 53.9 Å². The first-order valence-corrected chi connectivity index (χ1v) is 11.0. The summed E-state index contributed by atoms with van der Waals surface area (Å²) in [7, 11) is 1.90. The van der Waals surface area contributed by atoms with Crippen molar-refractivity contribution in [1.29, 1.82) is 0 Å². The zero-order valence-electron chi connectivity index (χ0n) is 17.1. The van der Waals surface area contributed by atoms with E-state index in [2.05, 4.69) is 39.8 Å². The predicted octanol–water partition coefficient (Wildman–Crippen LogP) is 4.95. The van der Waals surface area contributed by atoms with Crippen LogP contribution in [0.3, 0.4) is 0 Å². The van der Waals surface area contributed by atoms with E-state index in [0.717, 1.165) is 42.9 Å². The molecule has 0 unspecified atom stereocenters. The van der Waals surface area contributed by atoms with Gasteiger partial charge in [-0.1, -0.05) is 40.2 Å². The maximum Gasteiger partial charge on any atom is 0.254 e. The first-order valence-electron chi connectivity index (χ1n) is 10.0. The van der Waals surface area contributed by atoms with Gasteiger partial charge in [-0.15, -0.1) is 0 Å². The quantitative estimate of drug-likeness (QED) is 0.615. The molecule has 1 amide bonds. The smallest absolute Gasteiger partial charge is 0.254 e. The number of nitrogens with zero attached hydrogens (tertiary/aromatic N) is 1. The Kier molecular flexibility index (Phi) is 5.74. The van der Waals surface area contributed by atoms with Gasteiger partial charge in [0.05, 0.1) is 6.10 Å². The number of carbonyl (C=O) groups excluding carboxylic acids is 1. The van der Waals surface area contributed by atoms with E-state index in [1.807, 2.05) is 30.6 Å². The van der Waals surface area contributed by atoms with Crippen molar-refractivity contribution in [3.8, 4) is 0 Å². The largest absolute Gasteiger partial charge is 0.376 e. The number of hydrogen-bond acceptors (Lipinski definition) is 3. The zero-order valence-corrected chi connectivity index (χ0v) is 17.9. The van der Waals surface area contributed by atoms with Gasteiger partial charge in [0.15, 0.2) is 0 Å². The lowest BCUT2D eigenvalue weighted by molar-refractivity contribution is -0.123. The number of amides is 1. The topological polar surface area (TPSA) is 29.5 Å². The molecular formula is C22H33NO2S. The summed E-state index contributed by atoms with van der Waals surface area (Å²) in [6.45, 7) is 12.0. The summed E-state index contributed by atoms with van der Waals surface area (Å²) in [6.07, 6.45) is 8.16. The second kappa shape index (κ2) is 7.55.